The van der Waals surface area contributed by atoms with Crippen LogP contribution in [0.2, 0.25) is 0 Å². The SMILES string of the molecule is COc1cc(/C=C2\N=C(c3ccco3)OC2=O)ccc1OCc1cccc(Br)c1. The smallest absolute Gasteiger partial charge is 0.363 e. The number of rotatable bonds is 6. The Morgan fingerprint density at radius 1 is 1.10 bits per heavy atom. The van der Waals surface area contributed by atoms with E-state index in [1.54, 1.807) is 37.5 Å². The first-order chi connectivity index (χ1) is 14.1. The molecule has 0 bridgehead atoms. The fourth-order valence-corrected chi connectivity index (χ4v) is 3.20. The van der Waals surface area contributed by atoms with Gasteiger partial charge in [-0.2, -0.15) is 0 Å². The van der Waals surface area contributed by atoms with E-state index in [1.807, 2.05) is 30.3 Å². The van der Waals surface area contributed by atoms with Crippen molar-refractivity contribution in [1.29, 1.82) is 0 Å². The van der Waals surface area contributed by atoms with Gasteiger partial charge in [-0.05, 0) is 53.6 Å². The monoisotopic (exact) mass is 453 g/mol. The molecule has 0 amide bonds. The van der Waals surface area contributed by atoms with Gasteiger partial charge in [0.2, 0.25) is 0 Å². The highest BCUT2D eigenvalue weighted by atomic mass is 79.9. The van der Waals surface area contributed by atoms with Crippen LogP contribution in [-0.4, -0.2) is 19.0 Å². The van der Waals surface area contributed by atoms with E-state index >= 15 is 0 Å². The lowest BCUT2D eigenvalue weighted by molar-refractivity contribution is -0.130. The van der Waals surface area contributed by atoms with Gasteiger partial charge in [-0.15, -0.1) is 0 Å². The molecule has 0 N–H and O–H groups in total. The zero-order valence-corrected chi connectivity index (χ0v) is 17.0. The van der Waals surface area contributed by atoms with Gasteiger partial charge in [-0.3, -0.25) is 0 Å². The molecule has 1 aliphatic rings. The molecule has 1 aliphatic heterocycles. The van der Waals surface area contributed by atoms with E-state index in [0.29, 0.717) is 23.9 Å². The summed E-state index contributed by atoms with van der Waals surface area (Å²) in [4.78, 5) is 16.3. The summed E-state index contributed by atoms with van der Waals surface area (Å²) < 4.78 is 22.7. The zero-order chi connectivity index (χ0) is 20.2. The average Bonchev–Trinajstić information content (AvgIpc) is 3.37. The predicted molar refractivity (Wildman–Crippen MR) is 111 cm³/mol. The second-order valence-electron chi connectivity index (χ2n) is 6.14. The standard InChI is InChI=1S/C22H16BrNO5/c1-26-20-12-14(7-8-18(20)28-13-15-4-2-5-16(23)10-15)11-17-22(25)29-21(24-17)19-6-3-9-27-19/h2-12H,13H2,1H3/b17-11-. The van der Waals surface area contributed by atoms with Gasteiger partial charge in [0.05, 0.1) is 13.4 Å². The third-order valence-corrected chi connectivity index (χ3v) is 4.62. The molecule has 0 spiro atoms. The molecule has 0 aliphatic carbocycles. The number of esters is 1. The molecule has 6 nitrogen and oxygen atoms in total. The van der Waals surface area contributed by atoms with E-state index in [2.05, 4.69) is 20.9 Å². The van der Waals surface area contributed by atoms with Crippen LogP contribution < -0.4 is 9.47 Å². The first-order valence-electron chi connectivity index (χ1n) is 8.74. The molecule has 2 aromatic carbocycles. The van der Waals surface area contributed by atoms with Crippen molar-refractivity contribution in [3.8, 4) is 11.5 Å². The molecule has 2 heterocycles. The number of carbonyl (C=O) groups is 1. The van der Waals surface area contributed by atoms with Crippen LogP contribution in [0.5, 0.6) is 11.5 Å². The highest BCUT2D eigenvalue weighted by molar-refractivity contribution is 9.10. The van der Waals surface area contributed by atoms with Crippen molar-refractivity contribution < 1.29 is 23.4 Å². The van der Waals surface area contributed by atoms with Crippen LogP contribution in [-0.2, 0) is 16.1 Å². The van der Waals surface area contributed by atoms with Crippen molar-refractivity contribution >= 4 is 33.9 Å². The van der Waals surface area contributed by atoms with Crippen molar-refractivity contribution in [2.24, 2.45) is 4.99 Å². The van der Waals surface area contributed by atoms with Crippen molar-refractivity contribution in [2.75, 3.05) is 7.11 Å². The van der Waals surface area contributed by atoms with Crippen LogP contribution in [0.3, 0.4) is 0 Å². The Morgan fingerprint density at radius 2 is 2.00 bits per heavy atom. The lowest BCUT2D eigenvalue weighted by Crippen LogP contribution is -2.04. The van der Waals surface area contributed by atoms with Gasteiger partial charge in [-0.1, -0.05) is 34.1 Å². The Bertz CT molecular complexity index is 1100. The molecule has 3 aromatic rings. The number of carbonyl (C=O) groups excluding carboxylic acids is 1. The van der Waals surface area contributed by atoms with E-state index in [-0.39, 0.29) is 11.6 Å². The molecule has 1 aromatic heterocycles. The van der Waals surface area contributed by atoms with Crippen LogP contribution in [0, 0.1) is 0 Å². The number of furan rings is 1. The number of benzene rings is 2. The molecular weight excluding hydrogens is 438 g/mol. The molecule has 0 unspecified atom stereocenters. The number of hydrogen-bond acceptors (Lipinski definition) is 6. The molecule has 0 atom stereocenters. The van der Waals surface area contributed by atoms with Crippen LogP contribution >= 0.6 is 15.9 Å². The minimum Gasteiger partial charge on any atom is -0.493 e. The molecule has 0 fully saturated rings. The first-order valence-corrected chi connectivity index (χ1v) is 9.53. The van der Waals surface area contributed by atoms with E-state index in [9.17, 15) is 4.79 Å². The van der Waals surface area contributed by atoms with Crippen LogP contribution in [0.15, 0.2) is 80.4 Å². The number of halogens is 1. The van der Waals surface area contributed by atoms with Gasteiger partial charge in [0.1, 0.15) is 6.61 Å². The lowest BCUT2D eigenvalue weighted by Gasteiger charge is -2.11. The van der Waals surface area contributed by atoms with Gasteiger partial charge in [0.15, 0.2) is 23.0 Å². The Kier molecular flexibility index (Phi) is 5.48. The van der Waals surface area contributed by atoms with Gasteiger partial charge in [0.25, 0.3) is 5.90 Å². The quantitative estimate of drug-likeness (QED) is 0.389. The van der Waals surface area contributed by atoms with E-state index in [4.69, 9.17) is 18.6 Å². The summed E-state index contributed by atoms with van der Waals surface area (Å²) in [7, 11) is 1.56. The fourth-order valence-electron chi connectivity index (χ4n) is 2.75. The molecule has 29 heavy (non-hydrogen) atoms. The number of aliphatic imine (C=N–C) groups is 1. The number of methoxy groups -OCH3 is 1. The Hall–Kier alpha value is -3.32. The van der Waals surface area contributed by atoms with E-state index < -0.39 is 5.97 Å². The van der Waals surface area contributed by atoms with Crippen LogP contribution in [0.4, 0.5) is 0 Å². The topological polar surface area (TPSA) is 70.3 Å². The number of hydrogen-bond donors (Lipinski definition) is 0. The molecule has 0 radical (unpaired) electrons. The summed E-state index contributed by atoms with van der Waals surface area (Å²) in [5.41, 5.74) is 1.94. The van der Waals surface area contributed by atoms with Crippen molar-refractivity contribution in [3.63, 3.8) is 0 Å². The molecular formula is C22H16BrNO5. The number of cyclic esters (lactones) is 1. The maximum Gasteiger partial charge on any atom is 0.363 e. The average molecular weight is 454 g/mol. The minimum atomic E-state index is -0.537. The lowest BCUT2D eigenvalue weighted by atomic mass is 10.1. The highest BCUT2D eigenvalue weighted by Crippen LogP contribution is 2.30. The van der Waals surface area contributed by atoms with Crippen LogP contribution in [0.25, 0.3) is 6.08 Å². The summed E-state index contributed by atoms with van der Waals surface area (Å²) in [6, 6.07) is 16.6. The van der Waals surface area contributed by atoms with Gasteiger partial charge < -0.3 is 18.6 Å². The van der Waals surface area contributed by atoms with Gasteiger partial charge in [-0.25, -0.2) is 9.79 Å². The largest absolute Gasteiger partial charge is 0.493 e. The summed E-state index contributed by atoms with van der Waals surface area (Å²) in [6.45, 7) is 0.402. The second-order valence-corrected chi connectivity index (χ2v) is 7.06. The molecule has 7 heteroatoms. The van der Waals surface area contributed by atoms with Gasteiger partial charge in [0, 0.05) is 4.47 Å². The third kappa shape index (κ3) is 4.41. The van der Waals surface area contributed by atoms with E-state index in [0.717, 1.165) is 15.6 Å². The van der Waals surface area contributed by atoms with Crippen molar-refractivity contribution in [3.05, 3.63) is 87.9 Å². The second kappa shape index (κ2) is 8.36. The number of ether oxygens (including phenoxy) is 3. The number of nitrogens with zero attached hydrogens (tertiary/aromatic N) is 1. The Labute approximate surface area is 175 Å². The first kappa shape index (κ1) is 19.0. The van der Waals surface area contributed by atoms with Gasteiger partial charge >= 0.3 is 5.97 Å². The maximum atomic E-state index is 12.1. The summed E-state index contributed by atoms with van der Waals surface area (Å²) in [5.74, 6) is 1.16. The summed E-state index contributed by atoms with van der Waals surface area (Å²) in [6.07, 6.45) is 3.12. The third-order valence-electron chi connectivity index (χ3n) is 4.13. The summed E-state index contributed by atoms with van der Waals surface area (Å²) in [5, 5.41) is 0. The van der Waals surface area contributed by atoms with E-state index in [1.165, 1.54) is 6.26 Å². The highest BCUT2D eigenvalue weighted by Gasteiger charge is 2.25. The van der Waals surface area contributed by atoms with Crippen LogP contribution in [0.1, 0.15) is 16.9 Å². The maximum absolute atomic E-state index is 12.1. The molecule has 4 rings (SSSR count). The molecule has 0 saturated carbocycles. The summed E-state index contributed by atoms with van der Waals surface area (Å²) >= 11 is 3.45. The zero-order valence-electron chi connectivity index (χ0n) is 15.4. The predicted octanol–water partition coefficient (Wildman–Crippen LogP) is 4.97. The Balaban J connectivity index is 1.53. The Morgan fingerprint density at radius 3 is 2.76 bits per heavy atom. The molecule has 146 valence electrons. The molecule has 0 saturated heterocycles. The normalized spacial score (nSPS) is 14.6. The van der Waals surface area contributed by atoms with Crippen molar-refractivity contribution in [2.45, 2.75) is 6.61 Å². The van der Waals surface area contributed by atoms with Crippen molar-refractivity contribution in [1.82, 2.24) is 0 Å². The minimum absolute atomic E-state index is 0.146. The fraction of sp³-hybridized carbons (Fsp3) is 0.0909.